The molecule has 0 aromatic carbocycles. The summed E-state index contributed by atoms with van der Waals surface area (Å²) in [6.07, 6.45) is 7.73. The van der Waals surface area contributed by atoms with Crippen LogP contribution >= 0.6 is 0 Å². The number of anilines is 3. The van der Waals surface area contributed by atoms with E-state index >= 15 is 0 Å². The Morgan fingerprint density at radius 1 is 0.581 bits per heavy atom. The third kappa shape index (κ3) is 8.77. The largest absolute Gasteiger partial charge is 3.00 e. The SMILES string of the molecule is Nc1ccncc1C(=O)[O-].Nc1ccncc1C(=O)[O-].Nc1ccncc1C(=O)[O-].[Cr+3]. The van der Waals surface area contributed by atoms with E-state index in [4.69, 9.17) is 17.2 Å². The molecule has 0 aliphatic heterocycles. The molecule has 0 aliphatic rings. The number of carbonyl (C=O) groups is 3. The summed E-state index contributed by atoms with van der Waals surface area (Å²) in [6, 6.07) is 4.22. The number of aromatic carboxylic acids is 3. The van der Waals surface area contributed by atoms with E-state index in [1.807, 2.05) is 0 Å². The Bertz CT molecular complexity index is 917. The third-order valence-corrected chi connectivity index (χ3v) is 3.22. The summed E-state index contributed by atoms with van der Waals surface area (Å²) in [7, 11) is 0. The van der Waals surface area contributed by atoms with Gasteiger partial charge in [-0.15, -0.1) is 0 Å². The summed E-state index contributed by atoms with van der Waals surface area (Å²) >= 11 is 0. The van der Waals surface area contributed by atoms with Crippen LogP contribution < -0.4 is 32.5 Å². The molecular formula is C18H15CrN6O6. The number of hydrogen-bond acceptors (Lipinski definition) is 12. The molecular weight excluding hydrogens is 448 g/mol. The molecule has 0 aliphatic carbocycles. The summed E-state index contributed by atoms with van der Waals surface area (Å²) in [5.74, 6) is -3.90. The first kappa shape index (κ1) is 26.8. The number of carbonyl (C=O) groups excluding carboxylic acids is 3. The van der Waals surface area contributed by atoms with Crippen LogP contribution in [0.25, 0.3) is 0 Å². The monoisotopic (exact) mass is 463 g/mol. The zero-order valence-electron chi connectivity index (χ0n) is 15.6. The van der Waals surface area contributed by atoms with E-state index < -0.39 is 17.9 Å². The minimum absolute atomic E-state index is 0. The summed E-state index contributed by atoms with van der Waals surface area (Å²) in [4.78, 5) is 41.3. The Morgan fingerprint density at radius 3 is 0.935 bits per heavy atom. The van der Waals surface area contributed by atoms with Crippen LogP contribution in [-0.4, -0.2) is 32.9 Å². The average molecular weight is 463 g/mol. The molecule has 159 valence electrons. The van der Waals surface area contributed by atoms with Gasteiger partial charge in [-0.25, -0.2) is 0 Å². The summed E-state index contributed by atoms with van der Waals surface area (Å²) < 4.78 is 0. The van der Waals surface area contributed by atoms with Crippen molar-refractivity contribution in [3.05, 3.63) is 72.1 Å². The molecule has 0 saturated heterocycles. The number of nitrogens with zero attached hydrogens (tertiary/aromatic N) is 3. The zero-order chi connectivity index (χ0) is 22.7. The molecule has 3 heterocycles. The van der Waals surface area contributed by atoms with Gasteiger partial charge in [0.15, 0.2) is 0 Å². The van der Waals surface area contributed by atoms with Gasteiger partial charge in [0.2, 0.25) is 0 Å². The van der Waals surface area contributed by atoms with Crippen LogP contribution in [0, 0.1) is 0 Å². The van der Waals surface area contributed by atoms with Crippen LogP contribution in [0.4, 0.5) is 17.1 Å². The minimum atomic E-state index is -1.30. The number of aromatic nitrogens is 3. The van der Waals surface area contributed by atoms with E-state index in [1.165, 1.54) is 36.8 Å². The predicted octanol–water partition coefficient (Wildman–Crippen LogP) is -2.92. The van der Waals surface area contributed by atoms with E-state index in [2.05, 4.69) is 15.0 Å². The van der Waals surface area contributed by atoms with E-state index in [0.29, 0.717) is 0 Å². The van der Waals surface area contributed by atoms with Crippen LogP contribution in [0.2, 0.25) is 0 Å². The normalized spacial score (nSPS) is 8.90. The van der Waals surface area contributed by atoms with Gasteiger partial charge >= 0.3 is 17.4 Å². The fourth-order valence-corrected chi connectivity index (χ4v) is 1.73. The molecule has 1 radical (unpaired) electrons. The topological polar surface area (TPSA) is 237 Å². The first-order chi connectivity index (χ1) is 14.1. The number of carboxylic acids is 3. The maximum absolute atomic E-state index is 10.2. The summed E-state index contributed by atoms with van der Waals surface area (Å²) in [6.45, 7) is 0. The third-order valence-electron chi connectivity index (χ3n) is 3.22. The Morgan fingerprint density at radius 2 is 0.806 bits per heavy atom. The van der Waals surface area contributed by atoms with Crippen molar-refractivity contribution >= 4 is 35.0 Å². The number of hydrogen-bond donors (Lipinski definition) is 3. The fraction of sp³-hybridized carbons (Fsp3) is 0. The van der Waals surface area contributed by atoms with Gasteiger partial charge in [0.1, 0.15) is 0 Å². The molecule has 3 aromatic rings. The van der Waals surface area contributed by atoms with Gasteiger partial charge in [0.05, 0.1) is 17.9 Å². The van der Waals surface area contributed by atoms with Crippen molar-refractivity contribution in [1.82, 2.24) is 15.0 Å². The number of pyridine rings is 3. The van der Waals surface area contributed by atoms with Crippen LogP contribution in [0.3, 0.4) is 0 Å². The first-order valence-corrected chi connectivity index (χ1v) is 7.87. The van der Waals surface area contributed by atoms with Crippen LogP contribution in [0.5, 0.6) is 0 Å². The molecule has 3 rings (SSSR count). The van der Waals surface area contributed by atoms with Crippen LogP contribution in [0.15, 0.2) is 55.4 Å². The smallest absolute Gasteiger partial charge is 0.545 e. The van der Waals surface area contributed by atoms with Gasteiger partial charge in [-0.3, -0.25) is 15.0 Å². The minimum Gasteiger partial charge on any atom is -0.545 e. The van der Waals surface area contributed by atoms with Gasteiger partial charge in [0, 0.05) is 70.9 Å². The molecule has 0 bridgehead atoms. The quantitative estimate of drug-likeness (QED) is 0.354. The van der Waals surface area contributed by atoms with E-state index in [1.54, 1.807) is 0 Å². The molecule has 0 atom stereocenters. The van der Waals surface area contributed by atoms with Crippen molar-refractivity contribution in [3.63, 3.8) is 0 Å². The molecule has 3 aromatic heterocycles. The van der Waals surface area contributed by atoms with Crippen molar-refractivity contribution in [2.24, 2.45) is 0 Å². The second-order valence-electron chi connectivity index (χ2n) is 5.25. The summed E-state index contributed by atoms with van der Waals surface area (Å²) in [5.41, 5.74) is 16.1. The van der Waals surface area contributed by atoms with Crippen molar-refractivity contribution in [2.45, 2.75) is 0 Å². The fourth-order valence-electron chi connectivity index (χ4n) is 1.73. The number of nitrogen functional groups attached to an aromatic ring is 3. The Hall–Kier alpha value is -4.21. The molecule has 31 heavy (non-hydrogen) atoms. The predicted molar refractivity (Wildman–Crippen MR) is 98.9 cm³/mol. The zero-order valence-corrected chi connectivity index (χ0v) is 16.9. The van der Waals surface area contributed by atoms with Gasteiger partial charge in [-0.05, 0) is 18.2 Å². The van der Waals surface area contributed by atoms with E-state index in [9.17, 15) is 29.7 Å². The van der Waals surface area contributed by atoms with E-state index in [0.717, 1.165) is 18.6 Å². The Balaban J connectivity index is 0.000000429. The van der Waals surface area contributed by atoms with Gasteiger partial charge in [-0.2, -0.15) is 0 Å². The second-order valence-corrected chi connectivity index (χ2v) is 5.25. The van der Waals surface area contributed by atoms with Gasteiger partial charge in [0.25, 0.3) is 0 Å². The maximum Gasteiger partial charge on any atom is 3.00 e. The molecule has 0 amide bonds. The van der Waals surface area contributed by atoms with Crippen LogP contribution in [-0.2, 0) is 17.4 Å². The Labute approximate surface area is 186 Å². The molecule has 0 saturated carbocycles. The number of rotatable bonds is 3. The van der Waals surface area contributed by atoms with Gasteiger partial charge in [-0.1, -0.05) is 0 Å². The van der Waals surface area contributed by atoms with Gasteiger partial charge < -0.3 is 46.9 Å². The van der Waals surface area contributed by atoms with E-state index in [-0.39, 0.29) is 51.1 Å². The van der Waals surface area contributed by atoms with Crippen molar-refractivity contribution < 1.29 is 47.1 Å². The standard InChI is InChI=1S/3C6H6N2O2.Cr/c3*7-5-1-2-8-3-4(5)6(9)10;/h3*1-3H,(H2,7,8)(H,9,10);/q;;;+3/p-3. The molecule has 0 fully saturated rings. The number of carboxylic acid groups (broad SMARTS) is 3. The summed E-state index contributed by atoms with van der Waals surface area (Å²) in [5, 5.41) is 30.6. The number of nitrogens with two attached hydrogens (primary N) is 3. The molecule has 6 N–H and O–H groups in total. The van der Waals surface area contributed by atoms with Crippen molar-refractivity contribution in [1.29, 1.82) is 0 Å². The maximum atomic E-state index is 10.2. The molecule has 12 nitrogen and oxygen atoms in total. The van der Waals surface area contributed by atoms with Crippen LogP contribution in [0.1, 0.15) is 31.1 Å². The molecule has 0 spiro atoms. The van der Waals surface area contributed by atoms with Crippen molar-refractivity contribution in [3.8, 4) is 0 Å². The average Bonchev–Trinajstić information content (AvgIpc) is 2.69. The Kier molecular flexibility index (Phi) is 11.3. The van der Waals surface area contributed by atoms with Crippen molar-refractivity contribution in [2.75, 3.05) is 17.2 Å². The second kappa shape index (κ2) is 13.1. The molecule has 0 unspecified atom stereocenters. The molecule has 13 heteroatoms. The first-order valence-electron chi connectivity index (χ1n) is 7.87.